The summed E-state index contributed by atoms with van der Waals surface area (Å²) in [5.41, 5.74) is 6.66. The average Bonchev–Trinajstić information content (AvgIpc) is 2.83. The lowest BCUT2D eigenvalue weighted by Gasteiger charge is -2.18. The molecule has 0 fully saturated rings. The van der Waals surface area contributed by atoms with Gasteiger partial charge in [0.25, 0.3) is 0 Å². The number of fused-ring (bicyclic) bond motifs is 1. The largest absolute Gasteiger partial charge is 0.492 e. The summed E-state index contributed by atoms with van der Waals surface area (Å²) in [7, 11) is 0. The molecule has 0 atom stereocenters. The number of nitrogens with two attached hydrogens (primary N) is 1. The Bertz CT molecular complexity index is 669. The van der Waals surface area contributed by atoms with E-state index in [9.17, 15) is 0 Å². The number of rotatable bonds is 2. The Balaban J connectivity index is 1.69. The summed E-state index contributed by atoms with van der Waals surface area (Å²) in [5, 5.41) is 0. The average molecular weight is 298 g/mol. The number of para-hydroxylation sites is 1. The molecule has 0 amide bonds. The summed E-state index contributed by atoms with van der Waals surface area (Å²) < 4.78 is 5.80. The van der Waals surface area contributed by atoms with Crippen LogP contribution in [0.2, 0.25) is 0 Å². The van der Waals surface area contributed by atoms with Crippen molar-refractivity contribution in [2.75, 3.05) is 19.7 Å². The number of benzene rings is 1. The maximum absolute atomic E-state index is 5.80. The van der Waals surface area contributed by atoms with Crippen molar-refractivity contribution in [2.24, 2.45) is 5.73 Å². The van der Waals surface area contributed by atoms with Crippen LogP contribution < -0.4 is 10.5 Å². The summed E-state index contributed by atoms with van der Waals surface area (Å²) in [6.07, 6.45) is 0. The van der Waals surface area contributed by atoms with Crippen molar-refractivity contribution in [3.63, 3.8) is 0 Å². The monoisotopic (exact) mass is 298 g/mol. The lowest BCUT2D eigenvalue weighted by Crippen LogP contribution is -2.24. The van der Waals surface area contributed by atoms with Crippen LogP contribution in [0.5, 0.6) is 5.75 Å². The second-order valence-electron chi connectivity index (χ2n) is 4.94. The molecule has 0 saturated heterocycles. The molecule has 1 aliphatic rings. The van der Waals surface area contributed by atoms with Gasteiger partial charge in [0, 0.05) is 30.1 Å². The number of thiophene rings is 1. The molecule has 1 aromatic carbocycles. The molecule has 0 radical (unpaired) electrons. The van der Waals surface area contributed by atoms with Crippen LogP contribution in [0.4, 0.5) is 0 Å². The Morgan fingerprint density at radius 1 is 1.24 bits per heavy atom. The molecule has 0 unspecified atom stereocenters. The van der Waals surface area contributed by atoms with Gasteiger partial charge in [-0.25, -0.2) is 0 Å². The minimum atomic E-state index is 0.410. The SMILES string of the molecule is NCC#Cc1ccc(CN2CCOc3ccccc3C2)s1. The first-order chi connectivity index (χ1) is 10.3. The van der Waals surface area contributed by atoms with Gasteiger partial charge in [-0.3, -0.25) is 4.90 Å². The van der Waals surface area contributed by atoms with Gasteiger partial charge in [0.15, 0.2) is 0 Å². The van der Waals surface area contributed by atoms with Gasteiger partial charge in [0.1, 0.15) is 12.4 Å². The van der Waals surface area contributed by atoms with Crippen LogP contribution >= 0.6 is 11.3 Å². The summed E-state index contributed by atoms with van der Waals surface area (Å²) in [4.78, 5) is 4.83. The summed E-state index contributed by atoms with van der Waals surface area (Å²) in [6.45, 7) is 3.96. The fourth-order valence-electron chi connectivity index (χ4n) is 2.40. The third-order valence-electron chi connectivity index (χ3n) is 3.39. The van der Waals surface area contributed by atoms with Gasteiger partial charge in [0.2, 0.25) is 0 Å². The zero-order valence-electron chi connectivity index (χ0n) is 11.8. The molecule has 0 spiro atoms. The van der Waals surface area contributed by atoms with E-state index in [4.69, 9.17) is 10.5 Å². The third-order valence-corrected chi connectivity index (χ3v) is 4.37. The molecule has 2 N–H and O–H groups in total. The van der Waals surface area contributed by atoms with Crippen molar-refractivity contribution in [1.29, 1.82) is 0 Å². The number of hydrogen-bond donors (Lipinski definition) is 1. The standard InChI is InChI=1S/C17H18N2OS/c18-9-3-5-15-7-8-16(21-15)13-19-10-11-20-17-6-2-1-4-14(17)12-19/h1-2,4,6-8H,9-13,18H2. The van der Waals surface area contributed by atoms with Gasteiger partial charge in [-0.15, -0.1) is 11.3 Å². The van der Waals surface area contributed by atoms with Gasteiger partial charge < -0.3 is 10.5 Å². The van der Waals surface area contributed by atoms with Crippen LogP contribution in [0.1, 0.15) is 15.3 Å². The van der Waals surface area contributed by atoms with Crippen molar-refractivity contribution < 1.29 is 4.74 Å². The molecule has 3 nitrogen and oxygen atoms in total. The van der Waals surface area contributed by atoms with Crippen LogP contribution in [0.15, 0.2) is 36.4 Å². The molecule has 0 saturated carbocycles. The smallest absolute Gasteiger partial charge is 0.123 e. The molecule has 2 heterocycles. The van der Waals surface area contributed by atoms with Crippen molar-refractivity contribution in [3.8, 4) is 17.6 Å². The second-order valence-corrected chi connectivity index (χ2v) is 6.11. The van der Waals surface area contributed by atoms with Gasteiger partial charge in [0.05, 0.1) is 11.4 Å². The van der Waals surface area contributed by atoms with E-state index < -0.39 is 0 Å². The Hall–Kier alpha value is -1.80. The van der Waals surface area contributed by atoms with Crippen molar-refractivity contribution >= 4 is 11.3 Å². The molecule has 1 aliphatic heterocycles. The van der Waals surface area contributed by atoms with Crippen molar-refractivity contribution in [3.05, 3.63) is 51.7 Å². The zero-order chi connectivity index (χ0) is 14.5. The quantitative estimate of drug-likeness (QED) is 0.866. The number of ether oxygens (including phenoxy) is 1. The van der Waals surface area contributed by atoms with Crippen LogP contribution in [0, 0.1) is 11.8 Å². The molecule has 0 aliphatic carbocycles. The third kappa shape index (κ3) is 3.64. The Morgan fingerprint density at radius 2 is 2.14 bits per heavy atom. The predicted molar refractivity (Wildman–Crippen MR) is 86.3 cm³/mol. The highest BCUT2D eigenvalue weighted by atomic mass is 32.1. The Kier molecular flexibility index (Phi) is 4.56. The van der Waals surface area contributed by atoms with Crippen molar-refractivity contribution in [1.82, 2.24) is 4.90 Å². The minimum Gasteiger partial charge on any atom is -0.492 e. The highest BCUT2D eigenvalue weighted by molar-refractivity contribution is 7.12. The maximum atomic E-state index is 5.80. The molecule has 108 valence electrons. The highest BCUT2D eigenvalue weighted by Gasteiger charge is 2.15. The topological polar surface area (TPSA) is 38.5 Å². The van der Waals surface area contributed by atoms with E-state index in [0.29, 0.717) is 6.54 Å². The van der Waals surface area contributed by atoms with E-state index in [-0.39, 0.29) is 0 Å². The number of nitrogens with zero attached hydrogens (tertiary/aromatic N) is 1. The van der Waals surface area contributed by atoms with Gasteiger partial charge in [-0.05, 0) is 18.2 Å². The van der Waals surface area contributed by atoms with Gasteiger partial charge in [-0.1, -0.05) is 30.0 Å². The summed E-state index contributed by atoms with van der Waals surface area (Å²) >= 11 is 1.74. The summed E-state index contributed by atoms with van der Waals surface area (Å²) in [5.74, 6) is 7.00. The molecule has 0 bridgehead atoms. The molecule has 21 heavy (non-hydrogen) atoms. The van der Waals surface area contributed by atoms with E-state index in [1.54, 1.807) is 11.3 Å². The Morgan fingerprint density at radius 3 is 3.05 bits per heavy atom. The molecule has 4 heteroatoms. The minimum absolute atomic E-state index is 0.410. The van der Waals surface area contributed by atoms with Crippen LogP contribution in [-0.4, -0.2) is 24.6 Å². The summed E-state index contributed by atoms with van der Waals surface area (Å²) in [6, 6.07) is 12.5. The fraction of sp³-hybridized carbons (Fsp3) is 0.294. The Labute approximate surface area is 129 Å². The zero-order valence-corrected chi connectivity index (χ0v) is 12.7. The lowest BCUT2D eigenvalue weighted by molar-refractivity contribution is 0.221. The van der Waals surface area contributed by atoms with E-state index in [0.717, 1.165) is 36.9 Å². The van der Waals surface area contributed by atoms with Crippen LogP contribution in [0.25, 0.3) is 0 Å². The van der Waals surface area contributed by atoms with E-state index in [2.05, 4.69) is 41.0 Å². The van der Waals surface area contributed by atoms with E-state index >= 15 is 0 Å². The predicted octanol–water partition coefficient (Wildman–Crippen LogP) is 2.45. The molecular formula is C17H18N2OS. The van der Waals surface area contributed by atoms with Crippen LogP contribution in [-0.2, 0) is 13.1 Å². The van der Waals surface area contributed by atoms with Gasteiger partial charge in [-0.2, -0.15) is 0 Å². The molecule has 3 rings (SSSR count). The van der Waals surface area contributed by atoms with Crippen LogP contribution in [0.3, 0.4) is 0 Å². The maximum Gasteiger partial charge on any atom is 0.123 e. The first-order valence-corrected chi connectivity index (χ1v) is 7.87. The fourth-order valence-corrected chi connectivity index (χ4v) is 3.33. The highest BCUT2D eigenvalue weighted by Crippen LogP contribution is 2.24. The molecular weight excluding hydrogens is 280 g/mol. The van der Waals surface area contributed by atoms with Gasteiger partial charge >= 0.3 is 0 Å². The second kappa shape index (κ2) is 6.77. The van der Waals surface area contributed by atoms with E-state index in [1.165, 1.54) is 10.4 Å². The molecule has 1 aromatic heterocycles. The number of hydrogen-bond acceptors (Lipinski definition) is 4. The van der Waals surface area contributed by atoms with Crippen molar-refractivity contribution in [2.45, 2.75) is 13.1 Å². The molecule has 2 aromatic rings. The first kappa shape index (κ1) is 14.2. The normalized spacial score (nSPS) is 14.5. The lowest BCUT2D eigenvalue weighted by atomic mass is 10.2. The first-order valence-electron chi connectivity index (χ1n) is 7.06. The van der Waals surface area contributed by atoms with E-state index in [1.807, 2.05) is 12.1 Å².